The summed E-state index contributed by atoms with van der Waals surface area (Å²) in [4.78, 5) is 0. The lowest BCUT2D eigenvalue weighted by molar-refractivity contribution is -0.670. The zero-order valence-corrected chi connectivity index (χ0v) is 10.5. The van der Waals surface area contributed by atoms with Crippen molar-refractivity contribution in [3.63, 3.8) is 0 Å². The summed E-state index contributed by atoms with van der Waals surface area (Å²) in [7, 11) is 0. The van der Waals surface area contributed by atoms with Gasteiger partial charge in [-0.2, -0.15) is 0 Å². The van der Waals surface area contributed by atoms with Gasteiger partial charge in [0.05, 0.1) is 6.54 Å². The van der Waals surface area contributed by atoms with Crippen LogP contribution in [0.2, 0.25) is 5.02 Å². The lowest BCUT2D eigenvalue weighted by Crippen LogP contribution is -2.82. The van der Waals surface area contributed by atoms with E-state index in [4.69, 9.17) is 16.3 Å². The second-order valence-electron chi connectivity index (χ2n) is 3.63. The molecule has 3 heteroatoms. The van der Waals surface area contributed by atoms with Crippen LogP contribution in [0.5, 0.6) is 5.75 Å². The molecule has 88 valence electrons. The Labute approximate surface area is 102 Å². The Hall–Kier alpha value is -0.990. The van der Waals surface area contributed by atoms with Crippen LogP contribution in [-0.4, -0.2) is 13.2 Å². The fourth-order valence-electron chi connectivity index (χ4n) is 1.46. The number of ether oxygens (including phenoxy) is 1. The molecule has 2 N–H and O–H groups in total. The van der Waals surface area contributed by atoms with E-state index in [0.29, 0.717) is 6.61 Å². The molecule has 1 rings (SSSR count). The van der Waals surface area contributed by atoms with Crippen LogP contribution in [0, 0.1) is 0 Å². The predicted molar refractivity (Wildman–Crippen MR) is 67.9 cm³/mol. The van der Waals surface area contributed by atoms with Gasteiger partial charge in [-0.05, 0) is 24.6 Å². The third-order valence-corrected chi connectivity index (χ3v) is 2.47. The lowest BCUT2D eigenvalue weighted by atomic mass is 10.2. The highest BCUT2D eigenvalue weighted by molar-refractivity contribution is 6.30. The first kappa shape index (κ1) is 13.1. The molecule has 0 aliphatic carbocycles. The Morgan fingerprint density at radius 1 is 1.50 bits per heavy atom. The minimum atomic E-state index is 0.530. The number of rotatable bonds is 7. The maximum atomic E-state index is 5.97. The molecule has 16 heavy (non-hydrogen) atoms. The fraction of sp³-hybridized carbons (Fsp3) is 0.385. The van der Waals surface area contributed by atoms with E-state index in [9.17, 15) is 0 Å². The highest BCUT2D eigenvalue weighted by Gasteiger charge is 2.05. The van der Waals surface area contributed by atoms with Crippen molar-refractivity contribution < 1.29 is 10.1 Å². The molecule has 0 amide bonds. The van der Waals surface area contributed by atoms with Crippen molar-refractivity contribution in [1.82, 2.24) is 0 Å². The average molecular weight is 241 g/mol. The maximum Gasteiger partial charge on any atom is 0.128 e. The second kappa shape index (κ2) is 7.31. The maximum absolute atomic E-state index is 5.97. The molecule has 0 unspecified atom stereocenters. The van der Waals surface area contributed by atoms with Crippen LogP contribution < -0.4 is 10.1 Å². The number of hydrogen-bond donors (Lipinski definition) is 1. The van der Waals surface area contributed by atoms with Gasteiger partial charge in [0.1, 0.15) is 18.9 Å². The van der Waals surface area contributed by atoms with Gasteiger partial charge in [0, 0.05) is 10.6 Å². The van der Waals surface area contributed by atoms with Crippen LogP contribution >= 0.6 is 11.6 Å². The molecule has 0 aliphatic heterocycles. The smallest absolute Gasteiger partial charge is 0.128 e. The molecule has 0 bridgehead atoms. The topological polar surface area (TPSA) is 25.8 Å². The van der Waals surface area contributed by atoms with Crippen molar-refractivity contribution in [2.75, 3.05) is 13.2 Å². The summed E-state index contributed by atoms with van der Waals surface area (Å²) in [5, 5.41) is 3.01. The van der Waals surface area contributed by atoms with Crippen molar-refractivity contribution in [2.45, 2.75) is 19.9 Å². The Kier molecular flexibility index (Phi) is 5.98. The van der Waals surface area contributed by atoms with E-state index >= 15 is 0 Å². The standard InChI is InChI=1S/C13H18ClNO/c1-3-7-15-10-11-9-12(14)5-6-13(11)16-8-4-2/h4-6,9,15H,2-3,7-8,10H2,1H3/p+1. The quantitative estimate of drug-likeness (QED) is 0.575. The summed E-state index contributed by atoms with van der Waals surface area (Å²) in [5.74, 6) is 0.900. The number of nitrogens with two attached hydrogens (primary N) is 1. The first-order chi connectivity index (χ1) is 7.77. The van der Waals surface area contributed by atoms with Gasteiger partial charge in [-0.15, -0.1) is 0 Å². The van der Waals surface area contributed by atoms with E-state index in [1.54, 1.807) is 6.08 Å². The highest BCUT2D eigenvalue weighted by Crippen LogP contribution is 2.22. The Bertz CT molecular complexity index is 339. The van der Waals surface area contributed by atoms with Crippen LogP contribution in [0.1, 0.15) is 18.9 Å². The summed E-state index contributed by atoms with van der Waals surface area (Å²) in [5.41, 5.74) is 1.14. The number of quaternary nitrogens is 1. The van der Waals surface area contributed by atoms with Crippen molar-refractivity contribution in [3.8, 4) is 5.75 Å². The van der Waals surface area contributed by atoms with Gasteiger partial charge < -0.3 is 10.1 Å². The third-order valence-electron chi connectivity index (χ3n) is 2.24. The minimum Gasteiger partial charge on any atom is -0.489 e. The zero-order chi connectivity index (χ0) is 11.8. The molecule has 0 aromatic heterocycles. The molecule has 0 saturated heterocycles. The van der Waals surface area contributed by atoms with Gasteiger partial charge in [-0.25, -0.2) is 0 Å². The SMILES string of the molecule is C=CCOc1ccc(Cl)cc1C[NH2+]CCC. The molecule has 1 aromatic rings. The summed E-state index contributed by atoms with van der Waals surface area (Å²) < 4.78 is 5.58. The minimum absolute atomic E-state index is 0.530. The van der Waals surface area contributed by atoms with Crippen LogP contribution in [-0.2, 0) is 6.54 Å². The van der Waals surface area contributed by atoms with Crippen molar-refractivity contribution in [1.29, 1.82) is 0 Å². The summed E-state index contributed by atoms with van der Waals surface area (Å²) in [6.45, 7) is 8.36. The van der Waals surface area contributed by atoms with Gasteiger partial charge in [0.25, 0.3) is 0 Å². The molecular weight excluding hydrogens is 222 g/mol. The summed E-state index contributed by atoms with van der Waals surface area (Å²) in [6.07, 6.45) is 2.91. The van der Waals surface area contributed by atoms with Gasteiger partial charge in [-0.3, -0.25) is 0 Å². The number of halogens is 1. The Balaban J connectivity index is 2.68. The predicted octanol–water partition coefficient (Wildman–Crippen LogP) is 2.38. The third kappa shape index (κ3) is 4.25. The van der Waals surface area contributed by atoms with Gasteiger partial charge in [0.15, 0.2) is 0 Å². The molecule has 0 heterocycles. The molecule has 0 atom stereocenters. The van der Waals surface area contributed by atoms with Crippen molar-refractivity contribution in [3.05, 3.63) is 41.4 Å². The van der Waals surface area contributed by atoms with Gasteiger partial charge in [-0.1, -0.05) is 31.2 Å². The summed E-state index contributed by atoms with van der Waals surface area (Å²) >= 11 is 5.97. The first-order valence-electron chi connectivity index (χ1n) is 5.61. The van der Waals surface area contributed by atoms with Crippen LogP contribution in [0.4, 0.5) is 0 Å². The molecular formula is C13H19ClNO+. The van der Waals surface area contributed by atoms with E-state index in [2.05, 4.69) is 18.8 Å². The molecule has 0 fully saturated rings. The molecule has 0 aliphatic rings. The number of benzene rings is 1. The average Bonchev–Trinajstić information content (AvgIpc) is 2.28. The molecule has 2 nitrogen and oxygen atoms in total. The lowest BCUT2D eigenvalue weighted by Gasteiger charge is -2.09. The van der Waals surface area contributed by atoms with Crippen molar-refractivity contribution >= 4 is 11.6 Å². The molecule has 0 spiro atoms. The van der Waals surface area contributed by atoms with E-state index in [-0.39, 0.29) is 0 Å². The molecule has 1 aromatic carbocycles. The largest absolute Gasteiger partial charge is 0.489 e. The zero-order valence-electron chi connectivity index (χ0n) is 9.71. The van der Waals surface area contributed by atoms with E-state index in [0.717, 1.165) is 29.4 Å². The normalized spacial score (nSPS) is 10.1. The number of hydrogen-bond acceptors (Lipinski definition) is 1. The monoisotopic (exact) mass is 240 g/mol. The van der Waals surface area contributed by atoms with E-state index in [1.807, 2.05) is 18.2 Å². The van der Waals surface area contributed by atoms with Crippen LogP contribution in [0.3, 0.4) is 0 Å². The molecule has 0 radical (unpaired) electrons. The Morgan fingerprint density at radius 2 is 2.31 bits per heavy atom. The first-order valence-corrected chi connectivity index (χ1v) is 5.99. The van der Waals surface area contributed by atoms with Crippen LogP contribution in [0.25, 0.3) is 0 Å². The van der Waals surface area contributed by atoms with Gasteiger partial charge in [0.2, 0.25) is 0 Å². The van der Waals surface area contributed by atoms with Gasteiger partial charge >= 0.3 is 0 Å². The van der Waals surface area contributed by atoms with Crippen LogP contribution in [0.15, 0.2) is 30.9 Å². The molecule has 0 saturated carbocycles. The van der Waals surface area contributed by atoms with E-state index < -0.39 is 0 Å². The Morgan fingerprint density at radius 3 is 3.00 bits per heavy atom. The van der Waals surface area contributed by atoms with Crippen molar-refractivity contribution in [2.24, 2.45) is 0 Å². The van der Waals surface area contributed by atoms with E-state index in [1.165, 1.54) is 6.42 Å². The highest BCUT2D eigenvalue weighted by atomic mass is 35.5. The fourth-order valence-corrected chi connectivity index (χ4v) is 1.65. The second-order valence-corrected chi connectivity index (χ2v) is 4.07. The summed E-state index contributed by atoms with van der Waals surface area (Å²) in [6, 6.07) is 5.73.